The maximum Gasteiger partial charge on any atom is 0.282 e. The van der Waals surface area contributed by atoms with E-state index in [4.69, 9.17) is 9.47 Å². The summed E-state index contributed by atoms with van der Waals surface area (Å²) in [7, 11) is 1.54. The van der Waals surface area contributed by atoms with Gasteiger partial charge in [-0.3, -0.25) is 9.59 Å². The van der Waals surface area contributed by atoms with Crippen LogP contribution in [0.2, 0.25) is 0 Å². The van der Waals surface area contributed by atoms with Gasteiger partial charge in [0.15, 0.2) is 0 Å². The molecule has 0 aliphatic carbocycles. The highest BCUT2D eigenvalue weighted by molar-refractivity contribution is 6.46. The van der Waals surface area contributed by atoms with Crippen molar-refractivity contribution in [3.8, 4) is 11.5 Å². The van der Waals surface area contributed by atoms with E-state index in [-0.39, 0.29) is 17.0 Å². The number of benzene rings is 3. The number of nitrogens with one attached hydrogen (secondary N) is 1. The average molecular weight is 446 g/mol. The summed E-state index contributed by atoms with van der Waals surface area (Å²) in [6, 6.07) is 19.6. The van der Waals surface area contributed by atoms with Crippen LogP contribution in [0.15, 0.2) is 78.5 Å². The van der Waals surface area contributed by atoms with Crippen LogP contribution in [-0.2, 0) is 9.59 Å². The van der Waals surface area contributed by atoms with E-state index in [1.54, 1.807) is 55.6 Å². The number of nitrogens with zero attached hydrogens (tertiary/aromatic N) is 1. The van der Waals surface area contributed by atoms with E-state index < -0.39 is 17.6 Å². The van der Waals surface area contributed by atoms with Crippen molar-refractivity contribution < 1.29 is 23.5 Å². The second kappa shape index (κ2) is 9.56. The van der Waals surface area contributed by atoms with E-state index in [1.165, 1.54) is 18.2 Å². The monoisotopic (exact) mass is 446 g/mol. The summed E-state index contributed by atoms with van der Waals surface area (Å²) in [6.07, 6.45) is 0.856. The smallest absolute Gasteiger partial charge is 0.282 e. The second-order valence-electron chi connectivity index (χ2n) is 7.38. The first-order chi connectivity index (χ1) is 16.0. The van der Waals surface area contributed by atoms with Gasteiger partial charge in [-0.1, -0.05) is 37.3 Å². The van der Waals surface area contributed by atoms with E-state index in [9.17, 15) is 14.0 Å². The van der Waals surface area contributed by atoms with Gasteiger partial charge in [0.1, 0.15) is 23.0 Å². The molecule has 0 aromatic heterocycles. The van der Waals surface area contributed by atoms with Gasteiger partial charge in [-0.25, -0.2) is 9.29 Å². The Kier molecular flexibility index (Phi) is 6.40. The molecule has 0 bridgehead atoms. The van der Waals surface area contributed by atoms with Crippen LogP contribution >= 0.6 is 0 Å². The van der Waals surface area contributed by atoms with Crippen LogP contribution < -0.4 is 19.7 Å². The Balaban J connectivity index is 1.77. The van der Waals surface area contributed by atoms with Gasteiger partial charge in [0.2, 0.25) is 0 Å². The molecule has 0 atom stereocenters. The van der Waals surface area contributed by atoms with Gasteiger partial charge in [-0.05, 0) is 48.4 Å². The number of amides is 2. The summed E-state index contributed by atoms with van der Waals surface area (Å²) >= 11 is 0. The van der Waals surface area contributed by atoms with Gasteiger partial charge in [0.05, 0.1) is 25.0 Å². The molecule has 33 heavy (non-hydrogen) atoms. The topological polar surface area (TPSA) is 67.9 Å². The van der Waals surface area contributed by atoms with Crippen LogP contribution in [0.4, 0.5) is 15.8 Å². The van der Waals surface area contributed by atoms with Gasteiger partial charge in [0, 0.05) is 11.8 Å². The van der Waals surface area contributed by atoms with Crippen molar-refractivity contribution >= 4 is 28.8 Å². The van der Waals surface area contributed by atoms with Crippen molar-refractivity contribution in [1.82, 2.24) is 0 Å². The molecule has 2 amide bonds. The standard InChI is InChI=1S/C26H23FN2O4/c1-3-15-33-20-8-6-7-18(16-20)28-24-23(17-11-13-19(32-2)14-12-17)25(30)29(26(24)31)22-10-5-4-9-21(22)27/h4-14,16,28H,3,15H2,1-2H3. The SMILES string of the molecule is CCCOc1cccc(NC2=C(c3ccc(OC)cc3)C(=O)N(c3ccccc3F)C2=O)c1. The predicted molar refractivity (Wildman–Crippen MR) is 125 cm³/mol. The largest absolute Gasteiger partial charge is 0.497 e. The molecule has 1 heterocycles. The Bertz CT molecular complexity index is 1220. The van der Waals surface area contributed by atoms with Crippen molar-refractivity contribution in [2.24, 2.45) is 0 Å². The molecule has 0 spiro atoms. The summed E-state index contributed by atoms with van der Waals surface area (Å²) < 4.78 is 25.4. The van der Waals surface area contributed by atoms with Crippen molar-refractivity contribution in [3.05, 3.63) is 89.9 Å². The first-order valence-corrected chi connectivity index (χ1v) is 10.6. The van der Waals surface area contributed by atoms with E-state index in [1.807, 2.05) is 13.0 Å². The minimum absolute atomic E-state index is 0.0565. The zero-order valence-corrected chi connectivity index (χ0v) is 18.3. The summed E-state index contributed by atoms with van der Waals surface area (Å²) in [5.41, 5.74) is 1.18. The Labute approximate surface area is 191 Å². The number of imide groups is 1. The van der Waals surface area contributed by atoms with E-state index >= 15 is 0 Å². The molecule has 0 saturated heterocycles. The van der Waals surface area contributed by atoms with Crippen LogP contribution in [0.1, 0.15) is 18.9 Å². The van der Waals surface area contributed by atoms with Crippen LogP contribution in [0, 0.1) is 5.82 Å². The highest BCUT2D eigenvalue weighted by Crippen LogP contribution is 2.35. The van der Waals surface area contributed by atoms with Crippen LogP contribution in [0.3, 0.4) is 0 Å². The molecule has 4 rings (SSSR count). The molecule has 6 nitrogen and oxygen atoms in total. The lowest BCUT2D eigenvalue weighted by atomic mass is 10.0. The second-order valence-corrected chi connectivity index (χ2v) is 7.38. The fraction of sp³-hybridized carbons (Fsp3) is 0.154. The number of hydrogen-bond acceptors (Lipinski definition) is 5. The highest BCUT2D eigenvalue weighted by atomic mass is 19.1. The van der Waals surface area contributed by atoms with E-state index in [0.29, 0.717) is 29.4 Å². The average Bonchev–Trinajstić information content (AvgIpc) is 3.07. The van der Waals surface area contributed by atoms with Crippen molar-refractivity contribution in [3.63, 3.8) is 0 Å². The molecular weight excluding hydrogens is 423 g/mol. The fourth-order valence-electron chi connectivity index (χ4n) is 3.55. The molecule has 7 heteroatoms. The summed E-state index contributed by atoms with van der Waals surface area (Å²) in [6.45, 7) is 2.57. The van der Waals surface area contributed by atoms with Gasteiger partial charge in [0.25, 0.3) is 11.8 Å². The molecule has 0 fully saturated rings. The lowest BCUT2D eigenvalue weighted by Gasteiger charge is -2.16. The van der Waals surface area contributed by atoms with E-state index in [2.05, 4.69) is 5.32 Å². The Morgan fingerprint density at radius 3 is 2.36 bits per heavy atom. The van der Waals surface area contributed by atoms with Crippen molar-refractivity contribution in [1.29, 1.82) is 0 Å². The normalized spacial score (nSPS) is 13.5. The Hall–Kier alpha value is -4.13. The maximum atomic E-state index is 14.5. The zero-order chi connectivity index (χ0) is 23.4. The molecule has 0 unspecified atom stereocenters. The maximum absolute atomic E-state index is 14.5. The molecule has 1 N–H and O–H groups in total. The summed E-state index contributed by atoms with van der Waals surface area (Å²) in [4.78, 5) is 27.7. The molecule has 1 aliphatic heterocycles. The van der Waals surface area contributed by atoms with Gasteiger partial charge in [-0.15, -0.1) is 0 Å². The Morgan fingerprint density at radius 1 is 0.909 bits per heavy atom. The lowest BCUT2D eigenvalue weighted by Crippen LogP contribution is -2.33. The van der Waals surface area contributed by atoms with Gasteiger partial charge >= 0.3 is 0 Å². The summed E-state index contributed by atoms with van der Waals surface area (Å²) in [5.74, 6) is -0.676. The van der Waals surface area contributed by atoms with E-state index in [0.717, 1.165) is 11.3 Å². The zero-order valence-electron chi connectivity index (χ0n) is 18.3. The minimum atomic E-state index is -0.663. The molecular formula is C26H23FN2O4. The van der Waals surface area contributed by atoms with Crippen LogP contribution in [0.25, 0.3) is 5.57 Å². The predicted octanol–water partition coefficient (Wildman–Crippen LogP) is 5.02. The van der Waals surface area contributed by atoms with Gasteiger partial charge < -0.3 is 14.8 Å². The quantitative estimate of drug-likeness (QED) is 0.492. The van der Waals surface area contributed by atoms with Crippen molar-refractivity contribution in [2.45, 2.75) is 13.3 Å². The molecule has 3 aromatic carbocycles. The van der Waals surface area contributed by atoms with Crippen molar-refractivity contribution in [2.75, 3.05) is 23.9 Å². The number of rotatable bonds is 8. The molecule has 0 saturated carbocycles. The first kappa shape index (κ1) is 22.1. The first-order valence-electron chi connectivity index (χ1n) is 10.6. The number of hydrogen-bond donors (Lipinski definition) is 1. The highest BCUT2D eigenvalue weighted by Gasteiger charge is 2.41. The number of carbonyl (C=O) groups excluding carboxylic acids is 2. The molecule has 1 aliphatic rings. The summed E-state index contributed by atoms with van der Waals surface area (Å²) in [5, 5.41) is 3.07. The number of anilines is 2. The van der Waals surface area contributed by atoms with Crippen LogP contribution in [0.5, 0.6) is 11.5 Å². The third-order valence-corrected chi connectivity index (χ3v) is 5.13. The lowest BCUT2D eigenvalue weighted by molar-refractivity contribution is -0.120. The number of para-hydroxylation sites is 1. The van der Waals surface area contributed by atoms with Crippen LogP contribution in [-0.4, -0.2) is 25.5 Å². The third kappa shape index (κ3) is 4.43. The number of halogens is 1. The Morgan fingerprint density at radius 2 is 1.67 bits per heavy atom. The number of carbonyl (C=O) groups is 2. The molecule has 3 aromatic rings. The fourth-order valence-corrected chi connectivity index (χ4v) is 3.55. The molecule has 0 radical (unpaired) electrons. The third-order valence-electron chi connectivity index (χ3n) is 5.13. The molecule has 168 valence electrons. The number of ether oxygens (including phenoxy) is 2. The number of methoxy groups -OCH3 is 1. The van der Waals surface area contributed by atoms with Gasteiger partial charge in [-0.2, -0.15) is 0 Å². The minimum Gasteiger partial charge on any atom is -0.497 e.